The summed E-state index contributed by atoms with van der Waals surface area (Å²) >= 11 is 0. The summed E-state index contributed by atoms with van der Waals surface area (Å²) < 4.78 is 0. The van der Waals surface area contributed by atoms with Crippen molar-refractivity contribution < 1.29 is 38.7 Å². The summed E-state index contributed by atoms with van der Waals surface area (Å²) in [4.78, 5) is 83.5. The minimum atomic E-state index is -1.68. The highest BCUT2D eigenvalue weighted by Crippen LogP contribution is 2.07. The van der Waals surface area contributed by atoms with Gasteiger partial charge in [0.2, 0.25) is 35.4 Å². The van der Waals surface area contributed by atoms with E-state index in [1.54, 1.807) is 30.3 Å². The van der Waals surface area contributed by atoms with E-state index in [4.69, 9.17) is 22.9 Å². The lowest BCUT2D eigenvalue weighted by Gasteiger charge is -2.25. The molecule has 208 valence electrons. The van der Waals surface area contributed by atoms with Gasteiger partial charge in [0, 0.05) is 19.3 Å². The van der Waals surface area contributed by atoms with E-state index >= 15 is 0 Å². The fourth-order valence-electron chi connectivity index (χ4n) is 3.27. The quantitative estimate of drug-likeness (QED) is 0.0980. The van der Waals surface area contributed by atoms with Gasteiger partial charge in [0.15, 0.2) is 0 Å². The van der Waals surface area contributed by atoms with Crippen molar-refractivity contribution in [2.24, 2.45) is 22.9 Å². The smallest absolute Gasteiger partial charge is 0.326 e. The van der Waals surface area contributed by atoms with Crippen LogP contribution in [0.5, 0.6) is 0 Å². The lowest BCUT2D eigenvalue weighted by Crippen LogP contribution is -2.58. The molecule has 4 unspecified atom stereocenters. The van der Waals surface area contributed by atoms with Crippen LogP contribution in [0.25, 0.3) is 0 Å². The number of carboxylic acid groups (broad SMARTS) is 1. The Morgan fingerprint density at radius 2 is 1.18 bits per heavy atom. The Bertz CT molecular complexity index is 1030. The van der Waals surface area contributed by atoms with Crippen molar-refractivity contribution in [3.8, 4) is 0 Å². The molecule has 0 heterocycles. The number of hydrogen-bond donors (Lipinski definition) is 8. The van der Waals surface area contributed by atoms with Gasteiger partial charge < -0.3 is 44.0 Å². The zero-order chi connectivity index (χ0) is 28.8. The number of amides is 6. The summed E-state index contributed by atoms with van der Waals surface area (Å²) in [6.45, 7) is 0. The van der Waals surface area contributed by atoms with Crippen molar-refractivity contribution in [1.82, 2.24) is 16.0 Å². The summed E-state index contributed by atoms with van der Waals surface area (Å²) in [5, 5.41) is 16.2. The van der Waals surface area contributed by atoms with Crippen molar-refractivity contribution in [3.63, 3.8) is 0 Å². The molecular weight excluding hydrogens is 502 g/mol. The van der Waals surface area contributed by atoms with E-state index in [0.717, 1.165) is 0 Å². The molecule has 0 radical (unpaired) electrons. The van der Waals surface area contributed by atoms with E-state index in [9.17, 15) is 38.7 Å². The van der Waals surface area contributed by atoms with Crippen LogP contribution in [0.1, 0.15) is 37.7 Å². The van der Waals surface area contributed by atoms with E-state index < -0.39 is 72.0 Å². The van der Waals surface area contributed by atoms with Crippen molar-refractivity contribution in [2.75, 3.05) is 0 Å². The van der Waals surface area contributed by atoms with E-state index in [0.29, 0.717) is 5.56 Å². The number of nitrogens with two attached hydrogens (primary N) is 4. The molecule has 15 heteroatoms. The maximum absolute atomic E-state index is 13.2. The van der Waals surface area contributed by atoms with Crippen molar-refractivity contribution in [1.29, 1.82) is 0 Å². The molecular formula is C23H33N7O8. The Morgan fingerprint density at radius 3 is 1.71 bits per heavy atom. The van der Waals surface area contributed by atoms with Crippen LogP contribution in [0.3, 0.4) is 0 Å². The van der Waals surface area contributed by atoms with Gasteiger partial charge in [0.25, 0.3) is 0 Å². The molecule has 15 nitrogen and oxygen atoms in total. The molecule has 0 aliphatic rings. The first kappa shape index (κ1) is 31.5. The maximum Gasteiger partial charge on any atom is 0.326 e. The third-order valence-electron chi connectivity index (χ3n) is 5.29. The Balaban J connectivity index is 3.13. The normalized spacial score (nSPS) is 13.7. The summed E-state index contributed by atoms with van der Waals surface area (Å²) in [5.41, 5.74) is 21.7. The van der Waals surface area contributed by atoms with Gasteiger partial charge in [-0.15, -0.1) is 0 Å². The number of aliphatic carboxylic acids is 1. The largest absolute Gasteiger partial charge is 0.480 e. The fourth-order valence-corrected chi connectivity index (χ4v) is 3.27. The number of nitrogens with one attached hydrogen (secondary N) is 3. The van der Waals surface area contributed by atoms with E-state index in [2.05, 4.69) is 16.0 Å². The zero-order valence-corrected chi connectivity index (χ0v) is 20.6. The number of carbonyl (C=O) groups excluding carboxylic acids is 6. The second kappa shape index (κ2) is 15.6. The number of carbonyl (C=O) groups is 7. The molecule has 0 spiro atoms. The van der Waals surface area contributed by atoms with Gasteiger partial charge in [-0.25, -0.2) is 4.79 Å². The molecule has 0 fully saturated rings. The Hall–Kier alpha value is -4.53. The van der Waals surface area contributed by atoms with Crippen LogP contribution in [-0.2, 0) is 40.0 Å². The second-order valence-electron chi connectivity index (χ2n) is 8.50. The molecule has 4 atom stereocenters. The van der Waals surface area contributed by atoms with Gasteiger partial charge >= 0.3 is 5.97 Å². The number of hydrogen-bond acceptors (Lipinski definition) is 8. The van der Waals surface area contributed by atoms with Crippen LogP contribution in [-0.4, -0.2) is 70.7 Å². The predicted molar refractivity (Wildman–Crippen MR) is 132 cm³/mol. The predicted octanol–water partition coefficient (Wildman–Crippen LogP) is -3.50. The molecule has 1 aromatic carbocycles. The maximum atomic E-state index is 13.2. The molecule has 0 saturated carbocycles. The molecule has 12 N–H and O–H groups in total. The first-order valence-electron chi connectivity index (χ1n) is 11.6. The molecule has 0 aliphatic carbocycles. The van der Waals surface area contributed by atoms with Crippen molar-refractivity contribution in [3.05, 3.63) is 35.9 Å². The molecule has 0 saturated heterocycles. The molecule has 0 bridgehead atoms. The third kappa shape index (κ3) is 11.9. The van der Waals surface area contributed by atoms with Crippen LogP contribution in [0.15, 0.2) is 30.3 Å². The molecule has 1 aromatic rings. The molecule has 0 aromatic heterocycles. The molecule has 38 heavy (non-hydrogen) atoms. The minimum absolute atomic E-state index is 0.0233. The second-order valence-corrected chi connectivity index (χ2v) is 8.50. The first-order chi connectivity index (χ1) is 17.8. The Morgan fingerprint density at radius 1 is 0.684 bits per heavy atom. The summed E-state index contributed by atoms with van der Waals surface area (Å²) in [7, 11) is 0. The molecule has 0 aliphatic heterocycles. The van der Waals surface area contributed by atoms with Crippen molar-refractivity contribution >= 4 is 41.4 Å². The van der Waals surface area contributed by atoms with Crippen LogP contribution in [0.2, 0.25) is 0 Å². The lowest BCUT2D eigenvalue weighted by atomic mass is 10.0. The van der Waals surface area contributed by atoms with Gasteiger partial charge in [-0.05, 0) is 18.4 Å². The summed E-state index contributed by atoms with van der Waals surface area (Å²) in [6.07, 6.45) is -1.62. The zero-order valence-electron chi connectivity index (χ0n) is 20.6. The standard InChI is InChI=1S/C23H33N7O8/c24-13(6-8-17(25)31)20(34)29-15(10-12-4-2-1-3-5-12)22(36)28-14(7-9-18(26)32)21(35)30-16(23(37)38)11-19(27)33/h1-5,13-16H,6-11,24H2,(H2,25,31)(H2,26,32)(H2,27,33)(H,28,36)(H,29,34)(H,30,35)(H,37,38). The number of carboxylic acids is 1. The van der Waals surface area contributed by atoms with E-state index in [-0.39, 0.29) is 32.1 Å². The Kier molecular flexibility index (Phi) is 12.9. The Labute approximate surface area is 218 Å². The van der Waals surface area contributed by atoms with Crippen molar-refractivity contribution in [2.45, 2.75) is 62.7 Å². The van der Waals surface area contributed by atoms with E-state index in [1.165, 1.54) is 0 Å². The topological polar surface area (TPSA) is 280 Å². The average molecular weight is 536 g/mol. The molecule has 6 amide bonds. The van der Waals surface area contributed by atoms with Gasteiger partial charge in [0.05, 0.1) is 12.5 Å². The van der Waals surface area contributed by atoms with Crippen LogP contribution < -0.4 is 38.9 Å². The van der Waals surface area contributed by atoms with Gasteiger partial charge in [0.1, 0.15) is 18.1 Å². The van der Waals surface area contributed by atoms with Gasteiger partial charge in [-0.2, -0.15) is 0 Å². The lowest BCUT2D eigenvalue weighted by molar-refractivity contribution is -0.144. The summed E-state index contributed by atoms with van der Waals surface area (Å²) in [5.74, 6) is -6.62. The first-order valence-corrected chi connectivity index (χ1v) is 11.6. The minimum Gasteiger partial charge on any atom is -0.480 e. The molecule has 1 rings (SSSR count). The highest BCUT2D eigenvalue weighted by molar-refractivity contribution is 5.95. The average Bonchev–Trinajstić information content (AvgIpc) is 2.83. The van der Waals surface area contributed by atoms with Crippen LogP contribution in [0.4, 0.5) is 0 Å². The van der Waals surface area contributed by atoms with Crippen LogP contribution >= 0.6 is 0 Å². The number of primary amides is 3. The van der Waals surface area contributed by atoms with Gasteiger partial charge in [-0.1, -0.05) is 30.3 Å². The SMILES string of the molecule is NC(=O)CCC(N)C(=O)NC(Cc1ccccc1)C(=O)NC(CCC(N)=O)C(=O)NC(CC(N)=O)C(=O)O. The highest BCUT2D eigenvalue weighted by atomic mass is 16.4. The van der Waals surface area contributed by atoms with E-state index in [1.807, 2.05) is 0 Å². The van der Waals surface area contributed by atoms with Gasteiger partial charge in [-0.3, -0.25) is 28.8 Å². The highest BCUT2D eigenvalue weighted by Gasteiger charge is 2.31. The summed E-state index contributed by atoms with van der Waals surface area (Å²) in [6, 6.07) is 2.99. The number of rotatable bonds is 17. The number of benzene rings is 1. The fraction of sp³-hybridized carbons (Fsp3) is 0.435. The van der Waals surface area contributed by atoms with Crippen LogP contribution in [0, 0.1) is 0 Å². The monoisotopic (exact) mass is 535 g/mol. The third-order valence-corrected chi connectivity index (χ3v) is 5.29.